The first-order valence-electron chi connectivity index (χ1n) is 7.64. The Labute approximate surface area is 122 Å². The Balaban J connectivity index is 1.89. The number of anilines is 1. The van der Waals surface area contributed by atoms with Gasteiger partial charge >= 0.3 is 0 Å². The van der Waals surface area contributed by atoms with Crippen LogP contribution in [0.15, 0.2) is 18.3 Å². The van der Waals surface area contributed by atoms with Gasteiger partial charge in [-0.2, -0.15) is 0 Å². The minimum absolute atomic E-state index is 0.697. The molecule has 0 aromatic carbocycles. The average Bonchev–Trinajstić information content (AvgIpc) is 2.47. The summed E-state index contributed by atoms with van der Waals surface area (Å²) in [6.45, 7) is 9.00. The largest absolute Gasteiger partial charge is 0.481 e. The fourth-order valence-corrected chi connectivity index (χ4v) is 2.75. The van der Waals surface area contributed by atoms with Crippen LogP contribution in [-0.2, 0) is 0 Å². The van der Waals surface area contributed by atoms with E-state index in [-0.39, 0.29) is 0 Å². The van der Waals surface area contributed by atoms with E-state index in [1.807, 2.05) is 12.3 Å². The molecule has 0 saturated carbocycles. The third-order valence-electron chi connectivity index (χ3n) is 3.80. The van der Waals surface area contributed by atoms with Crippen molar-refractivity contribution in [2.24, 2.45) is 11.8 Å². The molecule has 1 aromatic rings. The van der Waals surface area contributed by atoms with E-state index in [9.17, 15) is 0 Å². The van der Waals surface area contributed by atoms with E-state index in [4.69, 9.17) is 4.74 Å². The Morgan fingerprint density at radius 3 is 3.10 bits per heavy atom. The van der Waals surface area contributed by atoms with Crippen molar-refractivity contribution in [1.82, 2.24) is 10.3 Å². The molecular formula is C16H27N3O. The molecule has 1 aromatic heterocycles. The Morgan fingerprint density at radius 2 is 2.35 bits per heavy atom. The Morgan fingerprint density at radius 1 is 1.50 bits per heavy atom. The van der Waals surface area contributed by atoms with Crippen molar-refractivity contribution in [3.8, 4) is 5.88 Å². The third-order valence-corrected chi connectivity index (χ3v) is 3.80. The Kier molecular flexibility index (Phi) is 5.65. The summed E-state index contributed by atoms with van der Waals surface area (Å²) in [5.41, 5.74) is 1.23. The number of methoxy groups -OCH3 is 1. The predicted molar refractivity (Wildman–Crippen MR) is 83.4 cm³/mol. The van der Waals surface area contributed by atoms with Gasteiger partial charge < -0.3 is 15.0 Å². The van der Waals surface area contributed by atoms with E-state index in [0.717, 1.165) is 38.0 Å². The maximum atomic E-state index is 5.21. The zero-order chi connectivity index (χ0) is 14.4. The first-order valence-corrected chi connectivity index (χ1v) is 7.64. The second-order valence-electron chi connectivity index (χ2n) is 6.06. The van der Waals surface area contributed by atoms with Gasteiger partial charge in [0.15, 0.2) is 0 Å². The minimum atomic E-state index is 0.697. The number of piperidine rings is 1. The molecule has 1 atom stereocenters. The molecule has 0 bridgehead atoms. The highest BCUT2D eigenvalue weighted by atomic mass is 16.5. The molecule has 4 nitrogen and oxygen atoms in total. The molecule has 1 aliphatic rings. The SMILES string of the molecule is COc1cc(N2CCCC(CNCC(C)C)C2)ccn1. The van der Waals surface area contributed by atoms with Gasteiger partial charge in [0, 0.05) is 31.0 Å². The number of ether oxygens (including phenoxy) is 1. The van der Waals surface area contributed by atoms with Crippen molar-refractivity contribution in [2.45, 2.75) is 26.7 Å². The lowest BCUT2D eigenvalue weighted by molar-refractivity contribution is 0.380. The number of nitrogens with one attached hydrogen (secondary N) is 1. The fraction of sp³-hybridized carbons (Fsp3) is 0.688. The highest BCUT2D eigenvalue weighted by molar-refractivity contribution is 5.48. The van der Waals surface area contributed by atoms with Crippen LogP contribution in [-0.4, -0.2) is 38.3 Å². The van der Waals surface area contributed by atoms with Crippen LogP contribution in [0.1, 0.15) is 26.7 Å². The lowest BCUT2D eigenvalue weighted by atomic mass is 9.97. The van der Waals surface area contributed by atoms with Gasteiger partial charge in [0.25, 0.3) is 0 Å². The van der Waals surface area contributed by atoms with Crippen molar-refractivity contribution in [3.05, 3.63) is 18.3 Å². The summed E-state index contributed by atoms with van der Waals surface area (Å²) in [5.74, 6) is 2.16. The first kappa shape index (κ1) is 15.1. The van der Waals surface area contributed by atoms with E-state index >= 15 is 0 Å². The standard InChI is InChI=1S/C16H27N3O/c1-13(2)10-17-11-14-5-4-8-19(12-14)15-6-7-18-16(9-15)20-3/h6-7,9,13-14,17H,4-5,8,10-12H2,1-3H3. The summed E-state index contributed by atoms with van der Waals surface area (Å²) in [4.78, 5) is 6.63. The van der Waals surface area contributed by atoms with Gasteiger partial charge in [-0.1, -0.05) is 13.8 Å². The number of hydrogen-bond acceptors (Lipinski definition) is 4. The molecule has 0 aliphatic carbocycles. The molecule has 0 spiro atoms. The minimum Gasteiger partial charge on any atom is -0.481 e. The molecule has 112 valence electrons. The summed E-state index contributed by atoms with van der Waals surface area (Å²) in [6, 6.07) is 4.11. The number of nitrogens with zero attached hydrogens (tertiary/aromatic N) is 2. The van der Waals surface area contributed by atoms with Gasteiger partial charge in [-0.25, -0.2) is 4.98 Å². The molecule has 1 fully saturated rings. The summed E-state index contributed by atoms with van der Waals surface area (Å²) in [5, 5.41) is 3.59. The molecule has 0 amide bonds. The monoisotopic (exact) mass is 277 g/mol. The van der Waals surface area contributed by atoms with E-state index in [1.165, 1.54) is 18.5 Å². The van der Waals surface area contributed by atoms with Crippen LogP contribution in [0.4, 0.5) is 5.69 Å². The van der Waals surface area contributed by atoms with E-state index in [1.54, 1.807) is 7.11 Å². The third kappa shape index (κ3) is 4.37. The lowest BCUT2D eigenvalue weighted by Crippen LogP contribution is -2.40. The predicted octanol–water partition coefficient (Wildman–Crippen LogP) is 2.55. The molecule has 2 rings (SSSR count). The molecule has 1 aliphatic heterocycles. The van der Waals surface area contributed by atoms with Crippen LogP contribution in [0.5, 0.6) is 5.88 Å². The zero-order valence-corrected chi connectivity index (χ0v) is 12.9. The quantitative estimate of drug-likeness (QED) is 0.867. The average molecular weight is 277 g/mol. The molecule has 1 N–H and O–H groups in total. The molecule has 2 heterocycles. The van der Waals surface area contributed by atoms with Gasteiger partial charge in [-0.05, 0) is 43.8 Å². The molecular weight excluding hydrogens is 250 g/mol. The van der Waals surface area contributed by atoms with Gasteiger partial charge in [0.2, 0.25) is 5.88 Å². The smallest absolute Gasteiger partial charge is 0.214 e. The van der Waals surface area contributed by atoms with E-state index in [0.29, 0.717) is 5.88 Å². The first-order chi connectivity index (χ1) is 9.69. The highest BCUT2D eigenvalue weighted by Crippen LogP contribution is 2.24. The maximum Gasteiger partial charge on any atom is 0.214 e. The highest BCUT2D eigenvalue weighted by Gasteiger charge is 2.20. The normalized spacial score (nSPS) is 19.4. The van der Waals surface area contributed by atoms with Crippen molar-refractivity contribution in [3.63, 3.8) is 0 Å². The van der Waals surface area contributed by atoms with E-state index in [2.05, 4.69) is 35.1 Å². The number of rotatable bonds is 6. The van der Waals surface area contributed by atoms with Crippen LogP contribution >= 0.6 is 0 Å². The van der Waals surface area contributed by atoms with Gasteiger partial charge in [0.1, 0.15) is 0 Å². The summed E-state index contributed by atoms with van der Waals surface area (Å²) >= 11 is 0. The second kappa shape index (κ2) is 7.48. The van der Waals surface area contributed by atoms with Gasteiger partial charge in [-0.15, -0.1) is 0 Å². The van der Waals surface area contributed by atoms with Crippen molar-refractivity contribution >= 4 is 5.69 Å². The molecule has 1 saturated heterocycles. The molecule has 4 heteroatoms. The van der Waals surface area contributed by atoms with Crippen LogP contribution in [0, 0.1) is 11.8 Å². The number of pyridine rings is 1. The van der Waals surface area contributed by atoms with Gasteiger partial charge in [0.05, 0.1) is 7.11 Å². The van der Waals surface area contributed by atoms with Crippen LogP contribution in [0.3, 0.4) is 0 Å². The van der Waals surface area contributed by atoms with Crippen molar-refractivity contribution in [2.75, 3.05) is 38.2 Å². The van der Waals surface area contributed by atoms with E-state index < -0.39 is 0 Å². The van der Waals surface area contributed by atoms with Crippen LogP contribution in [0.2, 0.25) is 0 Å². The molecule has 1 unspecified atom stereocenters. The zero-order valence-electron chi connectivity index (χ0n) is 12.9. The number of aromatic nitrogens is 1. The van der Waals surface area contributed by atoms with Crippen LogP contribution < -0.4 is 15.0 Å². The van der Waals surface area contributed by atoms with Gasteiger partial charge in [-0.3, -0.25) is 0 Å². The summed E-state index contributed by atoms with van der Waals surface area (Å²) in [6.07, 6.45) is 4.41. The maximum absolute atomic E-state index is 5.21. The lowest BCUT2D eigenvalue weighted by Gasteiger charge is -2.34. The summed E-state index contributed by atoms with van der Waals surface area (Å²) < 4.78 is 5.21. The van der Waals surface area contributed by atoms with Crippen molar-refractivity contribution < 1.29 is 4.74 Å². The number of hydrogen-bond donors (Lipinski definition) is 1. The molecule has 20 heavy (non-hydrogen) atoms. The van der Waals surface area contributed by atoms with Crippen molar-refractivity contribution in [1.29, 1.82) is 0 Å². The fourth-order valence-electron chi connectivity index (χ4n) is 2.75. The topological polar surface area (TPSA) is 37.4 Å². The Hall–Kier alpha value is -1.29. The summed E-state index contributed by atoms with van der Waals surface area (Å²) in [7, 11) is 1.67. The Bertz CT molecular complexity index is 408. The molecule has 0 radical (unpaired) electrons. The second-order valence-corrected chi connectivity index (χ2v) is 6.06. The van der Waals surface area contributed by atoms with Crippen LogP contribution in [0.25, 0.3) is 0 Å².